The molecule has 118 valence electrons. The molecule has 0 amide bonds. The summed E-state index contributed by atoms with van der Waals surface area (Å²) in [6, 6.07) is 5.27. The van der Waals surface area contributed by atoms with Crippen LogP contribution in [-0.4, -0.2) is 6.54 Å². The van der Waals surface area contributed by atoms with Crippen LogP contribution in [0.4, 0.5) is 4.39 Å². The number of terminal acetylenes is 1. The number of allylic oxidation sites excluding steroid dienone is 1. The Hall–Kier alpha value is -2.01. The molecule has 0 spiro atoms. The van der Waals surface area contributed by atoms with Crippen molar-refractivity contribution >= 4 is 0 Å². The predicted molar refractivity (Wildman–Crippen MR) is 93.1 cm³/mol. The van der Waals surface area contributed by atoms with E-state index in [1.165, 1.54) is 0 Å². The number of aryl methyl sites for hydroxylation is 1. The second kappa shape index (κ2) is 8.44. The lowest BCUT2D eigenvalue weighted by Gasteiger charge is -2.33. The molecule has 1 rings (SSSR count). The number of benzene rings is 1. The molecule has 0 aliphatic carbocycles. The summed E-state index contributed by atoms with van der Waals surface area (Å²) in [4.78, 5) is 0. The molecule has 0 aromatic heterocycles. The number of hydrogen-bond donors (Lipinski definition) is 1. The van der Waals surface area contributed by atoms with Crippen LogP contribution in [-0.2, 0) is 5.41 Å². The van der Waals surface area contributed by atoms with Gasteiger partial charge in [0.2, 0.25) is 0 Å². The standard InChI is InChI=1S/C20H26FN/c1-6-10-17(7-2)14-20(8-3,15-22-9-4)18-12-11-16(5)13-19(18)21/h3,6,9,11-13,17,22H,1,4,7,10,14-15H2,2,5H3. The van der Waals surface area contributed by atoms with Crippen LogP contribution < -0.4 is 5.32 Å². The van der Waals surface area contributed by atoms with E-state index in [9.17, 15) is 4.39 Å². The van der Waals surface area contributed by atoms with E-state index in [0.29, 0.717) is 24.4 Å². The third-order valence-electron chi connectivity index (χ3n) is 4.18. The maximum absolute atomic E-state index is 14.5. The zero-order valence-corrected chi connectivity index (χ0v) is 13.7. The third-order valence-corrected chi connectivity index (χ3v) is 4.18. The Kier molecular flexibility index (Phi) is 6.92. The first-order valence-corrected chi connectivity index (χ1v) is 7.72. The summed E-state index contributed by atoms with van der Waals surface area (Å²) in [5.74, 6) is 3.00. The van der Waals surface area contributed by atoms with Crippen LogP contribution in [0.15, 0.2) is 43.6 Å². The van der Waals surface area contributed by atoms with Crippen molar-refractivity contribution in [3.05, 3.63) is 60.6 Å². The molecule has 0 bridgehead atoms. The Labute approximate surface area is 134 Å². The fourth-order valence-corrected chi connectivity index (χ4v) is 2.84. The van der Waals surface area contributed by atoms with E-state index in [0.717, 1.165) is 18.4 Å². The number of rotatable bonds is 9. The SMILES string of the molecule is C#CC(CNC=C)(CC(CC)CC=C)c1ccc(C)cc1F. The van der Waals surface area contributed by atoms with Crippen molar-refractivity contribution in [2.75, 3.05) is 6.54 Å². The van der Waals surface area contributed by atoms with Gasteiger partial charge in [0, 0.05) is 12.1 Å². The highest BCUT2D eigenvalue weighted by Gasteiger charge is 2.34. The Morgan fingerprint density at radius 1 is 1.45 bits per heavy atom. The van der Waals surface area contributed by atoms with Gasteiger partial charge in [0.05, 0.1) is 5.41 Å². The lowest BCUT2D eigenvalue weighted by Crippen LogP contribution is -2.38. The van der Waals surface area contributed by atoms with E-state index >= 15 is 0 Å². The Morgan fingerprint density at radius 3 is 2.68 bits per heavy atom. The van der Waals surface area contributed by atoms with E-state index in [-0.39, 0.29) is 5.82 Å². The van der Waals surface area contributed by atoms with E-state index < -0.39 is 5.41 Å². The highest BCUT2D eigenvalue weighted by molar-refractivity contribution is 5.38. The maximum atomic E-state index is 14.5. The highest BCUT2D eigenvalue weighted by Crippen LogP contribution is 2.35. The van der Waals surface area contributed by atoms with Crippen molar-refractivity contribution in [3.8, 4) is 12.3 Å². The van der Waals surface area contributed by atoms with E-state index in [1.54, 1.807) is 12.3 Å². The Morgan fingerprint density at radius 2 is 2.18 bits per heavy atom. The van der Waals surface area contributed by atoms with Gasteiger partial charge in [-0.25, -0.2) is 4.39 Å². The third kappa shape index (κ3) is 4.24. The van der Waals surface area contributed by atoms with Gasteiger partial charge in [-0.3, -0.25) is 0 Å². The topological polar surface area (TPSA) is 12.0 Å². The van der Waals surface area contributed by atoms with Crippen LogP contribution in [0.2, 0.25) is 0 Å². The summed E-state index contributed by atoms with van der Waals surface area (Å²) in [6.07, 6.45) is 12.0. The summed E-state index contributed by atoms with van der Waals surface area (Å²) in [7, 11) is 0. The first-order chi connectivity index (χ1) is 10.5. The van der Waals surface area contributed by atoms with Gasteiger partial charge in [-0.2, -0.15) is 0 Å². The summed E-state index contributed by atoms with van der Waals surface area (Å²) in [5.41, 5.74) is 0.787. The minimum absolute atomic E-state index is 0.239. The monoisotopic (exact) mass is 299 g/mol. The molecule has 22 heavy (non-hydrogen) atoms. The summed E-state index contributed by atoms with van der Waals surface area (Å²) in [6.45, 7) is 12.0. The molecule has 0 aliphatic rings. The lowest BCUT2D eigenvalue weighted by molar-refractivity contribution is 0.357. The van der Waals surface area contributed by atoms with Crippen molar-refractivity contribution in [1.29, 1.82) is 0 Å². The molecule has 0 heterocycles. The van der Waals surface area contributed by atoms with E-state index in [4.69, 9.17) is 6.42 Å². The second-order valence-corrected chi connectivity index (χ2v) is 5.80. The highest BCUT2D eigenvalue weighted by atomic mass is 19.1. The molecular weight excluding hydrogens is 273 g/mol. The Bertz CT molecular complexity index is 555. The minimum atomic E-state index is -0.685. The summed E-state index contributed by atoms with van der Waals surface area (Å²) >= 11 is 0. The molecule has 2 atom stereocenters. The van der Waals surface area contributed by atoms with Crippen LogP contribution in [0.1, 0.15) is 37.3 Å². The molecule has 1 N–H and O–H groups in total. The van der Waals surface area contributed by atoms with E-state index in [2.05, 4.69) is 31.3 Å². The molecular formula is C20H26FN. The van der Waals surface area contributed by atoms with Crippen molar-refractivity contribution in [1.82, 2.24) is 5.32 Å². The van der Waals surface area contributed by atoms with Crippen LogP contribution in [0.3, 0.4) is 0 Å². The van der Waals surface area contributed by atoms with Crippen molar-refractivity contribution in [2.24, 2.45) is 5.92 Å². The number of halogens is 1. The molecule has 0 radical (unpaired) electrons. The smallest absolute Gasteiger partial charge is 0.128 e. The van der Waals surface area contributed by atoms with Gasteiger partial charge in [0.15, 0.2) is 0 Å². The average molecular weight is 299 g/mol. The van der Waals surface area contributed by atoms with Gasteiger partial charge in [-0.1, -0.05) is 44.1 Å². The van der Waals surface area contributed by atoms with Crippen LogP contribution in [0, 0.1) is 31.0 Å². The largest absolute Gasteiger partial charge is 0.389 e. The molecule has 0 aliphatic heterocycles. The normalized spacial score (nSPS) is 14.5. The molecule has 2 unspecified atom stereocenters. The van der Waals surface area contributed by atoms with Gasteiger partial charge in [-0.15, -0.1) is 13.0 Å². The van der Waals surface area contributed by atoms with Gasteiger partial charge in [0.25, 0.3) is 0 Å². The lowest BCUT2D eigenvalue weighted by atomic mass is 9.72. The number of hydrogen-bond acceptors (Lipinski definition) is 1. The molecule has 2 heteroatoms. The Balaban J connectivity index is 3.28. The van der Waals surface area contributed by atoms with Gasteiger partial charge in [-0.05, 0) is 43.5 Å². The van der Waals surface area contributed by atoms with Crippen LogP contribution in [0.5, 0.6) is 0 Å². The zero-order valence-electron chi connectivity index (χ0n) is 13.7. The fraction of sp³-hybridized carbons (Fsp3) is 0.400. The van der Waals surface area contributed by atoms with Crippen LogP contribution >= 0.6 is 0 Å². The molecule has 0 saturated carbocycles. The molecule has 0 saturated heterocycles. The maximum Gasteiger partial charge on any atom is 0.128 e. The van der Waals surface area contributed by atoms with Gasteiger partial charge in [0.1, 0.15) is 5.82 Å². The molecule has 1 aromatic rings. The fourth-order valence-electron chi connectivity index (χ4n) is 2.84. The average Bonchev–Trinajstić information content (AvgIpc) is 2.51. The second-order valence-electron chi connectivity index (χ2n) is 5.80. The van der Waals surface area contributed by atoms with E-state index in [1.807, 2.05) is 25.1 Å². The van der Waals surface area contributed by atoms with Gasteiger partial charge < -0.3 is 5.32 Å². The first-order valence-electron chi connectivity index (χ1n) is 7.72. The van der Waals surface area contributed by atoms with Crippen molar-refractivity contribution in [3.63, 3.8) is 0 Å². The summed E-state index contributed by atoms with van der Waals surface area (Å²) < 4.78 is 14.5. The number of nitrogens with one attached hydrogen (secondary N) is 1. The summed E-state index contributed by atoms with van der Waals surface area (Å²) in [5, 5.41) is 3.08. The predicted octanol–water partition coefficient (Wildman–Crippen LogP) is 4.73. The minimum Gasteiger partial charge on any atom is -0.389 e. The molecule has 1 aromatic carbocycles. The first kappa shape index (κ1) is 18.0. The quantitative estimate of drug-likeness (QED) is 0.513. The molecule has 1 nitrogen and oxygen atoms in total. The zero-order chi connectivity index (χ0) is 16.6. The van der Waals surface area contributed by atoms with Crippen molar-refractivity contribution in [2.45, 2.75) is 38.5 Å². The van der Waals surface area contributed by atoms with Gasteiger partial charge >= 0.3 is 0 Å². The molecule has 0 fully saturated rings. The van der Waals surface area contributed by atoms with Crippen molar-refractivity contribution < 1.29 is 4.39 Å². The van der Waals surface area contributed by atoms with Crippen LogP contribution in [0.25, 0.3) is 0 Å².